The summed E-state index contributed by atoms with van der Waals surface area (Å²) in [6, 6.07) is 8.77. The molecule has 2 rings (SSSR count). The number of hydrogen-bond donors (Lipinski definition) is 1. The molecule has 0 aromatic heterocycles. The van der Waals surface area contributed by atoms with Crippen LogP contribution >= 0.6 is 0 Å². The standard InChI is InChI=1S/C19H22O3/c1-11(2)16-10-14(6-7-17(16)22-5)19(21)18-12(3)8-15(20)9-13(18)4/h6-11,20H,1-5H3. The van der Waals surface area contributed by atoms with Crippen molar-refractivity contribution in [1.29, 1.82) is 0 Å². The molecule has 0 radical (unpaired) electrons. The molecular formula is C19H22O3. The fraction of sp³-hybridized carbons (Fsp3) is 0.316. The van der Waals surface area contributed by atoms with Gasteiger partial charge in [-0.15, -0.1) is 0 Å². The summed E-state index contributed by atoms with van der Waals surface area (Å²) < 4.78 is 5.37. The van der Waals surface area contributed by atoms with Crippen molar-refractivity contribution in [3.05, 3.63) is 58.1 Å². The number of aromatic hydroxyl groups is 1. The quantitative estimate of drug-likeness (QED) is 0.852. The highest BCUT2D eigenvalue weighted by atomic mass is 16.5. The van der Waals surface area contributed by atoms with Crippen LogP contribution in [0.5, 0.6) is 11.5 Å². The molecule has 1 N–H and O–H groups in total. The van der Waals surface area contributed by atoms with Crippen LogP contribution in [0.3, 0.4) is 0 Å². The van der Waals surface area contributed by atoms with Crippen LogP contribution in [0.15, 0.2) is 30.3 Å². The van der Waals surface area contributed by atoms with Crippen molar-refractivity contribution in [2.24, 2.45) is 0 Å². The molecule has 3 nitrogen and oxygen atoms in total. The van der Waals surface area contributed by atoms with E-state index in [1.807, 2.05) is 26.0 Å². The third-order valence-corrected chi connectivity index (χ3v) is 3.86. The molecule has 0 fully saturated rings. The molecule has 0 spiro atoms. The average molecular weight is 298 g/mol. The second-order valence-electron chi connectivity index (χ2n) is 5.90. The molecule has 0 saturated heterocycles. The molecule has 0 atom stereocenters. The Bertz CT molecular complexity index is 692. The first-order valence-electron chi connectivity index (χ1n) is 7.38. The number of methoxy groups -OCH3 is 1. The highest BCUT2D eigenvalue weighted by molar-refractivity contribution is 6.11. The Hall–Kier alpha value is -2.29. The molecule has 0 heterocycles. The topological polar surface area (TPSA) is 46.5 Å². The first kappa shape index (κ1) is 16.1. The predicted octanol–water partition coefficient (Wildman–Crippen LogP) is 4.37. The molecule has 0 saturated carbocycles. The van der Waals surface area contributed by atoms with Crippen molar-refractivity contribution in [1.82, 2.24) is 0 Å². The summed E-state index contributed by atoms with van der Waals surface area (Å²) in [5.41, 5.74) is 3.87. The van der Waals surface area contributed by atoms with Crippen LogP contribution < -0.4 is 4.74 Å². The van der Waals surface area contributed by atoms with E-state index in [9.17, 15) is 9.90 Å². The van der Waals surface area contributed by atoms with Crippen LogP contribution in [0.1, 0.15) is 52.4 Å². The summed E-state index contributed by atoms with van der Waals surface area (Å²) in [6.07, 6.45) is 0. The number of benzene rings is 2. The number of phenolic OH excluding ortho intramolecular Hbond substituents is 1. The molecule has 0 bridgehead atoms. The van der Waals surface area contributed by atoms with Gasteiger partial charge in [0.1, 0.15) is 11.5 Å². The molecule has 3 heteroatoms. The van der Waals surface area contributed by atoms with Crippen LogP contribution in [-0.2, 0) is 0 Å². The van der Waals surface area contributed by atoms with Crippen LogP contribution in [0.4, 0.5) is 0 Å². The van der Waals surface area contributed by atoms with Gasteiger partial charge in [0, 0.05) is 11.1 Å². The molecule has 116 valence electrons. The molecule has 0 aliphatic heterocycles. The number of carbonyl (C=O) groups is 1. The monoisotopic (exact) mass is 298 g/mol. The number of phenols is 1. The van der Waals surface area contributed by atoms with Crippen molar-refractivity contribution < 1.29 is 14.6 Å². The second kappa shape index (κ2) is 6.22. The Kier molecular flexibility index (Phi) is 4.55. The number of carbonyl (C=O) groups excluding carboxylic acids is 1. The highest BCUT2D eigenvalue weighted by Gasteiger charge is 2.18. The third-order valence-electron chi connectivity index (χ3n) is 3.86. The lowest BCUT2D eigenvalue weighted by Crippen LogP contribution is -2.07. The van der Waals surface area contributed by atoms with Crippen LogP contribution in [0.25, 0.3) is 0 Å². The largest absolute Gasteiger partial charge is 0.508 e. The lowest BCUT2D eigenvalue weighted by molar-refractivity contribution is 0.103. The van der Waals surface area contributed by atoms with Gasteiger partial charge in [-0.25, -0.2) is 0 Å². The maximum absolute atomic E-state index is 12.9. The Morgan fingerprint density at radius 1 is 1.09 bits per heavy atom. The molecule has 22 heavy (non-hydrogen) atoms. The van der Waals surface area contributed by atoms with Gasteiger partial charge in [-0.1, -0.05) is 13.8 Å². The minimum atomic E-state index is -0.0282. The van der Waals surface area contributed by atoms with Gasteiger partial charge in [-0.3, -0.25) is 4.79 Å². The Labute approximate surface area is 131 Å². The minimum absolute atomic E-state index is 0.0282. The van der Waals surface area contributed by atoms with E-state index >= 15 is 0 Å². The predicted molar refractivity (Wildman–Crippen MR) is 88.1 cm³/mol. The fourth-order valence-corrected chi connectivity index (χ4v) is 2.77. The molecule has 0 unspecified atom stereocenters. The number of ketones is 1. The van der Waals surface area contributed by atoms with E-state index in [2.05, 4.69) is 13.8 Å². The second-order valence-corrected chi connectivity index (χ2v) is 5.90. The van der Waals surface area contributed by atoms with E-state index in [0.29, 0.717) is 11.1 Å². The minimum Gasteiger partial charge on any atom is -0.508 e. The van der Waals surface area contributed by atoms with Crippen molar-refractivity contribution in [2.45, 2.75) is 33.6 Å². The van der Waals surface area contributed by atoms with E-state index < -0.39 is 0 Å². The van der Waals surface area contributed by atoms with E-state index in [1.54, 1.807) is 25.3 Å². The van der Waals surface area contributed by atoms with Gasteiger partial charge in [0.2, 0.25) is 0 Å². The van der Waals surface area contributed by atoms with E-state index in [-0.39, 0.29) is 17.5 Å². The number of rotatable bonds is 4. The summed E-state index contributed by atoms with van der Waals surface area (Å²) in [6.45, 7) is 7.83. The Morgan fingerprint density at radius 3 is 2.18 bits per heavy atom. The zero-order valence-corrected chi connectivity index (χ0v) is 13.7. The molecule has 0 amide bonds. The maximum Gasteiger partial charge on any atom is 0.193 e. The van der Waals surface area contributed by atoms with Crippen LogP contribution in [-0.4, -0.2) is 18.0 Å². The first-order valence-corrected chi connectivity index (χ1v) is 7.38. The first-order chi connectivity index (χ1) is 10.3. The molecular weight excluding hydrogens is 276 g/mol. The third kappa shape index (κ3) is 2.98. The van der Waals surface area contributed by atoms with Gasteiger partial charge in [0.25, 0.3) is 0 Å². The van der Waals surface area contributed by atoms with Gasteiger partial charge in [-0.2, -0.15) is 0 Å². The number of ether oxygens (including phenoxy) is 1. The van der Waals surface area contributed by atoms with Crippen molar-refractivity contribution in [3.63, 3.8) is 0 Å². The number of hydrogen-bond acceptors (Lipinski definition) is 3. The summed E-state index contributed by atoms with van der Waals surface area (Å²) in [4.78, 5) is 12.9. The van der Waals surface area contributed by atoms with Crippen LogP contribution in [0.2, 0.25) is 0 Å². The van der Waals surface area contributed by atoms with Crippen LogP contribution in [0, 0.1) is 13.8 Å². The normalized spacial score (nSPS) is 10.8. The maximum atomic E-state index is 12.9. The SMILES string of the molecule is COc1ccc(C(=O)c2c(C)cc(O)cc2C)cc1C(C)C. The Morgan fingerprint density at radius 2 is 1.68 bits per heavy atom. The van der Waals surface area contributed by atoms with E-state index in [1.165, 1.54) is 0 Å². The zero-order valence-electron chi connectivity index (χ0n) is 13.7. The fourth-order valence-electron chi connectivity index (χ4n) is 2.77. The summed E-state index contributed by atoms with van der Waals surface area (Å²) >= 11 is 0. The van der Waals surface area contributed by atoms with E-state index in [4.69, 9.17) is 4.74 Å². The van der Waals surface area contributed by atoms with Gasteiger partial charge in [-0.05, 0) is 66.8 Å². The zero-order chi connectivity index (χ0) is 16.4. The van der Waals surface area contributed by atoms with Gasteiger partial charge >= 0.3 is 0 Å². The average Bonchev–Trinajstić information content (AvgIpc) is 2.45. The summed E-state index contributed by atoms with van der Waals surface area (Å²) in [5, 5.41) is 9.63. The van der Waals surface area contributed by atoms with Gasteiger partial charge in [0.05, 0.1) is 7.11 Å². The van der Waals surface area contributed by atoms with Crippen molar-refractivity contribution in [3.8, 4) is 11.5 Å². The molecule has 2 aromatic carbocycles. The lowest BCUT2D eigenvalue weighted by Gasteiger charge is -2.15. The van der Waals surface area contributed by atoms with E-state index in [0.717, 1.165) is 22.4 Å². The van der Waals surface area contributed by atoms with Gasteiger partial charge in [0.15, 0.2) is 5.78 Å². The van der Waals surface area contributed by atoms with Crippen molar-refractivity contribution >= 4 is 5.78 Å². The number of aryl methyl sites for hydroxylation is 2. The molecule has 0 aliphatic rings. The summed E-state index contributed by atoms with van der Waals surface area (Å²) in [7, 11) is 1.64. The lowest BCUT2D eigenvalue weighted by atomic mass is 9.92. The Balaban J connectivity index is 2.53. The highest BCUT2D eigenvalue weighted by Crippen LogP contribution is 2.29. The molecule has 0 aliphatic carbocycles. The van der Waals surface area contributed by atoms with Crippen molar-refractivity contribution in [2.75, 3.05) is 7.11 Å². The van der Waals surface area contributed by atoms with Gasteiger partial charge < -0.3 is 9.84 Å². The summed E-state index contributed by atoms with van der Waals surface area (Å²) in [5.74, 6) is 1.22. The molecule has 2 aromatic rings. The smallest absolute Gasteiger partial charge is 0.193 e.